The molecule has 0 aliphatic carbocycles. The second kappa shape index (κ2) is 6.15. The van der Waals surface area contributed by atoms with Crippen LogP contribution in [0.25, 0.3) is 0 Å². The predicted octanol–water partition coefficient (Wildman–Crippen LogP) is 2.33. The molecule has 2 rings (SSSR count). The lowest BCUT2D eigenvalue weighted by atomic mass is 9.98. The first kappa shape index (κ1) is 14.0. The van der Waals surface area contributed by atoms with Gasteiger partial charge in [0, 0.05) is 24.5 Å². The van der Waals surface area contributed by atoms with Gasteiger partial charge in [-0.3, -0.25) is 4.79 Å². The molecule has 0 saturated carbocycles. The lowest BCUT2D eigenvalue weighted by molar-refractivity contribution is 0.0739. The molecule has 104 valence electrons. The average molecular weight is 284 g/mol. The number of halogens is 1. The standard InChI is InChI=1S/C14H18ClNO3/c1-18-12-8-10-4-7-16(6-3-5-15)14(17)11(10)9-13(12)19-2/h8-9H,3-7H2,1-2H3. The van der Waals surface area contributed by atoms with Gasteiger partial charge in [0.05, 0.1) is 14.2 Å². The number of carbonyl (C=O) groups excluding carboxylic acids is 1. The van der Waals surface area contributed by atoms with Crippen molar-refractivity contribution in [3.63, 3.8) is 0 Å². The third kappa shape index (κ3) is 2.78. The van der Waals surface area contributed by atoms with E-state index in [0.717, 1.165) is 24.9 Å². The molecule has 4 nitrogen and oxygen atoms in total. The smallest absolute Gasteiger partial charge is 0.254 e. The minimum absolute atomic E-state index is 0.0484. The Morgan fingerprint density at radius 3 is 2.58 bits per heavy atom. The van der Waals surface area contributed by atoms with Gasteiger partial charge in [0.2, 0.25) is 0 Å². The molecule has 0 spiro atoms. The van der Waals surface area contributed by atoms with Gasteiger partial charge in [0.1, 0.15) is 0 Å². The molecule has 1 aliphatic rings. The highest BCUT2D eigenvalue weighted by Gasteiger charge is 2.25. The lowest BCUT2D eigenvalue weighted by Crippen LogP contribution is -2.38. The Kier molecular flexibility index (Phi) is 4.53. The van der Waals surface area contributed by atoms with Crippen LogP contribution in [-0.2, 0) is 6.42 Å². The summed E-state index contributed by atoms with van der Waals surface area (Å²) in [6.45, 7) is 1.44. The maximum atomic E-state index is 12.4. The molecule has 1 aromatic carbocycles. The van der Waals surface area contributed by atoms with Crippen molar-refractivity contribution in [1.29, 1.82) is 0 Å². The zero-order valence-electron chi connectivity index (χ0n) is 11.2. The molecule has 5 heteroatoms. The minimum atomic E-state index is 0.0484. The second-order valence-corrected chi connectivity index (χ2v) is 4.83. The molecule has 1 aliphatic heterocycles. The Balaban J connectivity index is 2.30. The van der Waals surface area contributed by atoms with E-state index in [1.54, 1.807) is 20.3 Å². The molecule has 0 aromatic heterocycles. The molecular weight excluding hydrogens is 266 g/mol. The number of alkyl halides is 1. The van der Waals surface area contributed by atoms with Crippen molar-refractivity contribution in [2.75, 3.05) is 33.2 Å². The summed E-state index contributed by atoms with van der Waals surface area (Å²) in [5.74, 6) is 1.88. The fourth-order valence-electron chi connectivity index (χ4n) is 2.32. The van der Waals surface area contributed by atoms with E-state index in [1.807, 2.05) is 11.0 Å². The number of ether oxygens (including phenoxy) is 2. The van der Waals surface area contributed by atoms with Gasteiger partial charge in [-0.15, -0.1) is 11.6 Å². The number of carbonyl (C=O) groups is 1. The van der Waals surface area contributed by atoms with Gasteiger partial charge in [-0.25, -0.2) is 0 Å². The molecule has 1 amide bonds. The summed E-state index contributed by atoms with van der Waals surface area (Å²) in [7, 11) is 3.17. The molecule has 1 aromatic rings. The monoisotopic (exact) mass is 283 g/mol. The third-order valence-corrected chi connectivity index (χ3v) is 3.61. The molecule has 1 heterocycles. The van der Waals surface area contributed by atoms with E-state index in [4.69, 9.17) is 21.1 Å². The average Bonchev–Trinajstić information content (AvgIpc) is 2.45. The summed E-state index contributed by atoms with van der Waals surface area (Å²) in [5.41, 5.74) is 1.73. The van der Waals surface area contributed by atoms with E-state index < -0.39 is 0 Å². The Hall–Kier alpha value is -1.42. The molecule has 0 bridgehead atoms. The number of rotatable bonds is 5. The number of fused-ring (bicyclic) bond motifs is 1. The van der Waals surface area contributed by atoms with Crippen LogP contribution in [0.2, 0.25) is 0 Å². The molecule has 0 atom stereocenters. The number of hydrogen-bond donors (Lipinski definition) is 0. The minimum Gasteiger partial charge on any atom is -0.493 e. The van der Waals surface area contributed by atoms with Crippen molar-refractivity contribution in [3.05, 3.63) is 23.3 Å². The highest BCUT2D eigenvalue weighted by molar-refractivity contribution is 6.17. The Labute approximate surface area is 118 Å². The van der Waals surface area contributed by atoms with Crippen molar-refractivity contribution >= 4 is 17.5 Å². The summed E-state index contributed by atoms with van der Waals surface area (Å²) < 4.78 is 10.5. The first-order chi connectivity index (χ1) is 9.21. The van der Waals surface area contributed by atoms with Crippen molar-refractivity contribution in [3.8, 4) is 11.5 Å². The van der Waals surface area contributed by atoms with Crippen molar-refractivity contribution in [2.45, 2.75) is 12.8 Å². The van der Waals surface area contributed by atoms with Gasteiger partial charge in [-0.1, -0.05) is 0 Å². The van der Waals surface area contributed by atoms with Crippen molar-refractivity contribution in [2.24, 2.45) is 0 Å². The molecule has 0 unspecified atom stereocenters. The zero-order chi connectivity index (χ0) is 13.8. The SMILES string of the molecule is COc1cc2c(cc1OC)C(=O)N(CCCCl)CC2. The van der Waals surface area contributed by atoms with Crippen LogP contribution < -0.4 is 9.47 Å². The summed E-state index contributed by atoms with van der Waals surface area (Å²) in [5, 5.41) is 0. The van der Waals surface area contributed by atoms with E-state index in [9.17, 15) is 4.79 Å². The topological polar surface area (TPSA) is 38.8 Å². The first-order valence-electron chi connectivity index (χ1n) is 6.31. The van der Waals surface area contributed by atoms with Crippen LogP contribution >= 0.6 is 11.6 Å². The number of methoxy groups -OCH3 is 2. The van der Waals surface area contributed by atoms with E-state index in [0.29, 0.717) is 29.5 Å². The van der Waals surface area contributed by atoms with Crippen LogP contribution in [0.4, 0.5) is 0 Å². The van der Waals surface area contributed by atoms with Crippen LogP contribution in [-0.4, -0.2) is 44.0 Å². The molecule has 0 radical (unpaired) electrons. The molecule has 0 saturated heterocycles. The van der Waals surface area contributed by atoms with Gasteiger partial charge in [0.25, 0.3) is 5.91 Å². The summed E-state index contributed by atoms with van der Waals surface area (Å²) >= 11 is 5.68. The Morgan fingerprint density at radius 1 is 1.26 bits per heavy atom. The number of nitrogens with zero attached hydrogens (tertiary/aromatic N) is 1. The van der Waals surface area contributed by atoms with E-state index in [2.05, 4.69) is 0 Å². The number of hydrogen-bond acceptors (Lipinski definition) is 3. The van der Waals surface area contributed by atoms with Gasteiger partial charge < -0.3 is 14.4 Å². The summed E-state index contributed by atoms with van der Waals surface area (Å²) in [4.78, 5) is 14.2. The van der Waals surface area contributed by atoms with Gasteiger partial charge in [-0.05, 0) is 30.5 Å². The highest BCUT2D eigenvalue weighted by Crippen LogP contribution is 2.33. The second-order valence-electron chi connectivity index (χ2n) is 4.45. The molecular formula is C14H18ClNO3. The fraction of sp³-hybridized carbons (Fsp3) is 0.500. The van der Waals surface area contributed by atoms with Gasteiger partial charge in [-0.2, -0.15) is 0 Å². The van der Waals surface area contributed by atoms with Crippen molar-refractivity contribution in [1.82, 2.24) is 4.90 Å². The van der Waals surface area contributed by atoms with E-state index in [-0.39, 0.29) is 5.91 Å². The molecule has 0 fully saturated rings. The van der Waals surface area contributed by atoms with E-state index in [1.165, 1.54) is 0 Å². The summed E-state index contributed by atoms with van der Waals surface area (Å²) in [6.07, 6.45) is 1.65. The Bertz CT molecular complexity index is 476. The predicted molar refractivity (Wildman–Crippen MR) is 74.5 cm³/mol. The quantitative estimate of drug-likeness (QED) is 0.779. The van der Waals surface area contributed by atoms with Gasteiger partial charge in [0.15, 0.2) is 11.5 Å². The molecule has 19 heavy (non-hydrogen) atoms. The molecule has 0 N–H and O–H groups in total. The fourth-order valence-corrected chi connectivity index (χ4v) is 2.44. The highest BCUT2D eigenvalue weighted by atomic mass is 35.5. The maximum absolute atomic E-state index is 12.4. The van der Waals surface area contributed by atoms with E-state index >= 15 is 0 Å². The normalized spacial score (nSPS) is 14.3. The van der Waals surface area contributed by atoms with Crippen LogP contribution in [0.1, 0.15) is 22.3 Å². The third-order valence-electron chi connectivity index (χ3n) is 3.34. The summed E-state index contributed by atoms with van der Waals surface area (Å²) in [6, 6.07) is 3.66. The Morgan fingerprint density at radius 2 is 1.95 bits per heavy atom. The largest absolute Gasteiger partial charge is 0.493 e. The lowest BCUT2D eigenvalue weighted by Gasteiger charge is -2.29. The van der Waals surface area contributed by atoms with Crippen LogP contribution in [0.3, 0.4) is 0 Å². The van der Waals surface area contributed by atoms with Gasteiger partial charge >= 0.3 is 0 Å². The first-order valence-corrected chi connectivity index (χ1v) is 6.84. The number of amides is 1. The van der Waals surface area contributed by atoms with Crippen LogP contribution in [0.5, 0.6) is 11.5 Å². The zero-order valence-corrected chi connectivity index (χ0v) is 12.0. The van der Waals surface area contributed by atoms with Crippen molar-refractivity contribution < 1.29 is 14.3 Å². The maximum Gasteiger partial charge on any atom is 0.254 e. The van der Waals surface area contributed by atoms with Crippen LogP contribution in [0, 0.1) is 0 Å². The number of benzene rings is 1. The van der Waals surface area contributed by atoms with Crippen LogP contribution in [0.15, 0.2) is 12.1 Å².